The SMILES string of the molecule is CS(=O)(=O)N1[C@@H]2OCCC[C@@H]21. The van der Waals surface area contributed by atoms with Gasteiger partial charge >= 0.3 is 0 Å². The number of hydrogen-bond acceptors (Lipinski definition) is 3. The van der Waals surface area contributed by atoms with Crippen LogP contribution in [0.1, 0.15) is 12.8 Å². The molecular weight excluding hydrogens is 166 g/mol. The maximum absolute atomic E-state index is 11.0. The summed E-state index contributed by atoms with van der Waals surface area (Å²) >= 11 is 0. The summed E-state index contributed by atoms with van der Waals surface area (Å²) in [6, 6.07) is 0.152. The molecule has 4 nitrogen and oxygen atoms in total. The molecule has 2 rings (SSSR count). The molecule has 2 heterocycles. The summed E-state index contributed by atoms with van der Waals surface area (Å²) in [6.45, 7) is 0.702. The minimum atomic E-state index is -3.00. The molecule has 0 radical (unpaired) electrons. The van der Waals surface area contributed by atoms with Crippen LogP contribution in [0.15, 0.2) is 0 Å². The van der Waals surface area contributed by atoms with Crippen molar-refractivity contribution in [1.82, 2.24) is 4.31 Å². The number of fused-ring (bicyclic) bond motifs is 1. The lowest BCUT2D eigenvalue weighted by molar-refractivity contribution is 0.0788. The Hall–Kier alpha value is -0.130. The second kappa shape index (κ2) is 2.18. The monoisotopic (exact) mass is 177 g/mol. The first kappa shape index (κ1) is 7.52. The van der Waals surface area contributed by atoms with Crippen LogP contribution in [0, 0.1) is 0 Å². The van der Waals surface area contributed by atoms with E-state index in [-0.39, 0.29) is 12.3 Å². The quantitative estimate of drug-likeness (QED) is 0.520. The predicted molar refractivity (Wildman–Crippen MR) is 39.4 cm³/mol. The van der Waals surface area contributed by atoms with E-state index in [0.29, 0.717) is 6.61 Å². The van der Waals surface area contributed by atoms with Crippen molar-refractivity contribution in [2.75, 3.05) is 12.9 Å². The molecule has 0 aliphatic carbocycles. The van der Waals surface area contributed by atoms with Gasteiger partial charge in [0.05, 0.1) is 12.3 Å². The van der Waals surface area contributed by atoms with Crippen molar-refractivity contribution >= 4 is 10.0 Å². The summed E-state index contributed by atoms with van der Waals surface area (Å²) in [4.78, 5) is 0. The average molecular weight is 177 g/mol. The zero-order chi connectivity index (χ0) is 8.06. The van der Waals surface area contributed by atoms with Crippen LogP contribution in [-0.4, -0.2) is 37.9 Å². The normalized spacial score (nSPS) is 43.2. The van der Waals surface area contributed by atoms with Crippen LogP contribution in [0.3, 0.4) is 0 Å². The Morgan fingerprint density at radius 3 is 2.73 bits per heavy atom. The first-order chi connectivity index (χ1) is 5.11. The molecule has 2 saturated heterocycles. The second-order valence-corrected chi connectivity index (χ2v) is 4.95. The molecule has 5 heteroatoms. The van der Waals surface area contributed by atoms with Crippen LogP contribution < -0.4 is 0 Å². The van der Waals surface area contributed by atoms with Gasteiger partial charge in [-0.25, -0.2) is 8.42 Å². The van der Waals surface area contributed by atoms with Crippen LogP contribution in [0.4, 0.5) is 0 Å². The zero-order valence-electron chi connectivity index (χ0n) is 6.36. The minimum absolute atomic E-state index is 0.126. The molecule has 2 fully saturated rings. The van der Waals surface area contributed by atoms with Gasteiger partial charge in [0.15, 0.2) is 0 Å². The Balaban J connectivity index is 2.12. The van der Waals surface area contributed by atoms with E-state index < -0.39 is 10.0 Å². The van der Waals surface area contributed by atoms with Gasteiger partial charge in [0.1, 0.15) is 6.23 Å². The highest BCUT2D eigenvalue weighted by molar-refractivity contribution is 7.88. The van der Waals surface area contributed by atoms with Crippen molar-refractivity contribution in [3.05, 3.63) is 0 Å². The summed E-state index contributed by atoms with van der Waals surface area (Å²) in [5.74, 6) is 0. The van der Waals surface area contributed by atoms with Crippen molar-refractivity contribution in [2.45, 2.75) is 25.1 Å². The van der Waals surface area contributed by atoms with Crippen molar-refractivity contribution in [3.8, 4) is 0 Å². The van der Waals surface area contributed by atoms with E-state index in [0.717, 1.165) is 12.8 Å². The molecule has 0 spiro atoms. The molecular formula is C6H11NO3S. The van der Waals surface area contributed by atoms with Gasteiger partial charge in [-0.3, -0.25) is 0 Å². The van der Waals surface area contributed by atoms with Crippen LogP contribution in [0.2, 0.25) is 0 Å². The molecule has 3 atom stereocenters. The van der Waals surface area contributed by atoms with E-state index in [1.807, 2.05) is 0 Å². The van der Waals surface area contributed by atoms with Crippen molar-refractivity contribution in [2.24, 2.45) is 0 Å². The van der Waals surface area contributed by atoms with Crippen LogP contribution in [0.25, 0.3) is 0 Å². The Morgan fingerprint density at radius 2 is 2.27 bits per heavy atom. The maximum atomic E-state index is 11.0. The van der Waals surface area contributed by atoms with E-state index in [4.69, 9.17) is 4.74 Å². The fourth-order valence-corrected chi connectivity index (χ4v) is 2.85. The summed E-state index contributed by atoms with van der Waals surface area (Å²) in [6.07, 6.45) is 3.04. The third kappa shape index (κ3) is 1.17. The number of nitrogens with zero attached hydrogens (tertiary/aromatic N) is 1. The van der Waals surface area contributed by atoms with Crippen molar-refractivity contribution in [1.29, 1.82) is 0 Å². The van der Waals surface area contributed by atoms with Gasteiger partial charge in [0, 0.05) is 6.61 Å². The van der Waals surface area contributed by atoms with Crippen molar-refractivity contribution in [3.63, 3.8) is 0 Å². The van der Waals surface area contributed by atoms with Crippen LogP contribution in [0.5, 0.6) is 0 Å². The molecule has 2 aliphatic rings. The van der Waals surface area contributed by atoms with Gasteiger partial charge in [0.2, 0.25) is 10.0 Å². The van der Waals surface area contributed by atoms with E-state index >= 15 is 0 Å². The first-order valence-corrected chi connectivity index (χ1v) is 5.55. The maximum Gasteiger partial charge on any atom is 0.213 e. The van der Waals surface area contributed by atoms with E-state index in [2.05, 4.69) is 0 Å². The Morgan fingerprint density at radius 1 is 1.55 bits per heavy atom. The van der Waals surface area contributed by atoms with Gasteiger partial charge in [-0.15, -0.1) is 0 Å². The molecule has 64 valence electrons. The highest BCUT2D eigenvalue weighted by atomic mass is 32.2. The third-order valence-electron chi connectivity index (χ3n) is 2.13. The lowest BCUT2D eigenvalue weighted by Crippen LogP contribution is -2.13. The highest BCUT2D eigenvalue weighted by Gasteiger charge is 2.55. The summed E-state index contributed by atoms with van der Waals surface area (Å²) in [7, 11) is -3.00. The lowest BCUT2D eigenvalue weighted by atomic mass is 10.2. The molecule has 0 aromatic rings. The van der Waals surface area contributed by atoms with Gasteiger partial charge in [-0.05, 0) is 12.8 Å². The van der Waals surface area contributed by atoms with E-state index in [1.165, 1.54) is 10.6 Å². The molecule has 0 aromatic heterocycles. The van der Waals surface area contributed by atoms with E-state index in [1.54, 1.807) is 0 Å². The molecule has 0 saturated carbocycles. The van der Waals surface area contributed by atoms with Gasteiger partial charge in [-0.2, -0.15) is 4.31 Å². The molecule has 1 unspecified atom stereocenters. The van der Waals surface area contributed by atoms with Crippen LogP contribution >= 0.6 is 0 Å². The zero-order valence-corrected chi connectivity index (χ0v) is 7.17. The number of ether oxygens (including phenoxy) is 1. The largest absolute Gasteiger partial charge is 0.360 e. The molecule has 0 N–H and O–H groups in total. The molecule has 0 bridgehead atoms. The molecule has 11 heavy (non-hydrogen) atoms. The number of sulfonamides is 1. The Kier molecular flexibility index (Phi) is 1.49. The average Bonchev–Trinajstić information content (AvgIpc) is 2.58. The molecule has 2 aliphatic heterocycles. The topological polar surface area (TPSA) is 46.4 Å². The Labute approximate surface area is 66.2 Å². The number of hydrogen-bond donors (Lipinski definition) is 0. The minimum Gasteiger partial charge on any atom is -0.360 e. The lowest BCUT2D eigenvalue weighted by Gasteiger charge is -2.04. The fourth-order valence-electron chi connectivity index (χ4n) is 1.62. The molecule has 0 amide bonds. The summed E-state index contributed by atoms with van der Waals surface area (Å²) in [5, 5.41) is 0. The van der Waals surface area contributed by atoms with Gasteiger partial charge in [-0.1, -0.05) is 0 Å². The number of rotatable bonds is 1. The van der Waals surface area contributed by atoms with Crippen molar-refractivity contribution < 1.29 is 13.2 Å². The van der Waals surface area contributed by atoms with Gasteiger partial charge in [0.25, 0.3) is 0 Å². The second-order valence-electron chi connectivity index (χ2n) is 3.06. The smallest absolute Gasteiger partial charge is 0.213 e. The fraction of sp³-hybridized carbons (Fsp3) is 1.00. The highest BCUT2D eigenvalue weighted by Crippen LogP contribution is 2.38. The predicted octanol–water partition coefficient (Wildman–Crippen LogP) is -0.233. The third-order valence-corrected chi connectivity index (χ3v) is 3.38. The Bertz CT molecular complexity index is 249. The summed E-state index contributed by atoms with van der Waals surface area (Å²) < 4.78 is 28.7. The van der Waals surface area contributed by atoms with Crippen LogP contribution in [-0.2, 0) is 14.8 Å². The summed E-state index contributed by atoms with van der Waals surface area (Å²) in [5.41, 5.74) is 0. The van der Waals surface area contributed by atoms with E-state index in [9.17, 15) is 8.42 Å². The first-order valence-electron chi connectivity index (χ1n) is 3.71. The van der Waals surface area contributed by atoms with Gasteiger partial charge < -0.3 is 4.74 Å². The molecule has 0 aromatic carbocycles. The standard InChI is InChI=1S/C6H11NO3S/c1-11(8,9)7-5-3-2-4-10-6(5)7/h5-6H,2-4H2,1H3/t5-,6+,7?/m0/s1.